The van der Waals surface area contributed by atoms with Crippen LogP contribution in [0.1, 0.15) is 12.5 Å². The van der Waals surface area contributed by atoms with E-state index in [2.05, 4.69) is 0 Å². The van der Waals surface area contributed by atoms with Gasteiger partial charge in [-0.25, -0.2) is 8.42 Å². The van der Waals surface area contributed by atoms with E-state index < -0.39 is 10.0 Å². The number of methoxy groups -OCH3 is 1. The number of hydrogen-bond donors (Lipinski definition) is 1. The second-order valence-electron chi connectivity index (χ2n) is 3.94. The molecule has 1 rings (SSSR count). The normalized spacial score (nSPS) is 11.8. The Morgan fingerprint density at radius 3 is 2.56 bits per heavy atom. The summed E-state index contributed by atoms with van der Waals surface area (Å²) in [6.07, 6.45) is 0.715. The smallest absolute Gasteiger partial charge is 0.242 e. The summed E-state index contributed by atoms with van der Waals surface area (Å²) in [5.41, 5.74) is 6.25. The van der Waals surface area contributed by atoms with Gasteiger partial charge in [-0.3, -0.25) is 0 Å². The van der Waals surface area contributed by atoms with Crippen molar-refractivity contribution in [2.45, 2.75) is 18.2 Å². The van der Waals surface area contributed by atoms with Gasteiger partial charge in [-0.2, -0.15) is 4.31 Å². The fourth-order valence-corrected chi connectivity index (χ4v) is 2.91. The Kier molecular flexibility index (Phi) is 5.13. The fraction of sp³-hybridized carbons (Fsp3) is 0.500. The lowest BCUT2D eigenvalue weighted by molar-refractivity contribution is 0.409. The van der Waals surface area contributed by atoms with Crippen molar-refractivity contribution in [3.8, 4) is 5.75 Å². The van der Waals surface area contributed by atoms with Gasteiger partial charge in [0.15, 0.2) is 0 Å². The van der Waals surface area contributed by atoms with Crippen molar-refractivity contribution >= 4 is 10.0 Å². The highest BCUT2D eigenvalue weighted by atomic mass is 32.2. The number of benzene rings is 1. The quantitative estimate of drug-likeness (QED) is 0.833. The maximum absolute atomic E-state index is 12.2. The highest BCUT2D eigenvalue weighted by molar-refractivity contribution is 7.89. The Bertz CT molecular complexity index is 500. The van der Waals surface area contributed by atoms with Crippen LogP contribution < -0.4 is 10.5 Å². The van der Waals surface area contributed by atoms with Crippen LogP contribution in [0.25, 0.3) is 0 Å². The molecule has 0 bridgehead atoms. The van der Waals surface area contributed by atoms with Gasteiger partial charge >= 0.3 is 0 Å². The summed E-state index contributed by atoms with van der Waals surface area (Å²) in [5, 5.41) is 0. The Morgan fingerprint density at radius 1 is 1.39 bits per heavy atom. The minimum Gasteiger partial charge on any atom is -0.496 e. The Morgan fingerprint density at radius 2 is 2.06 bits per heavy atom. The average Bonchev–Trinajstić information content (AvgIpc) is 2.38. The molecule has 0 atom stereocenters. The van der Waals surface area contributed by atoms with E-state index >= 15 is 0 Å². The van der Waals surface area contributed by atoms with Crippen molar-refractivity contribution in [1.82, 2.24) is 4.31 Å². The van der Waals surface area contributed by atoms with E-state index in [0.717, 1.165) is 5.56 Å². The average molecular weight is 272 g/mol. The van der Waals surface area contributed by atoms with Gasteiger partial charge in [0.25, 0.3) is 0 Å². The second-order valence-corrected chi connectivity index (χ2v) is 5.99. The summed E-state index contributed by atoms with van der Waals surface area (Å²) in [6, 6.07) is 4.89. The molecule has 102 valence electrons. The van der Waals surface area contributed by atoms with Crippen molar-refractivity contribution in [2.24, 2.45) is 5.73 Å². The van der Waals surface area contributed by atoms with Crippen LogP contribution in [-0.4, -0.2) is 40.0 Å². The number of sulfonamides is 1. The van der Waals surface area contributed by atoms with E-state index in [1.807, 2.05) is 6.92 Å². The predicted octanol–water partition coefficient (Wildman–Crippen LogP) is 0.837. The van der Waals surface area contributed by atoms with E-state index in [9.17, 15) is 8.42 Å². The van der Waals surface area contributed by atoms with Crippen LogP contribution >= 0.6 is 0 Å². The van der Waals surface area contributed by atoms with Crippen LogP contribution in [0.5, 0.6) is 5.75 Å². The first kappa shape index (κ1) is 14.9. The predicted molar refractivity (Wildman–Crippen MR) is 71.2 cm³/mol. The van der Waals surface area contributed by atoms with Crippen molar-refractivity contribution in [2.75, 3.05) is 27.2 Å². The minimum absolute atomic E-state index is 0.274. The number of aryl methyl sites for hydroxylation is 1. The molecule has 0 saturated heterocycles. The molecule has 0 aliphatic carbocycles. The summed E-state index contributed by atoms with van der Waals surface area (Å²) in [7, 11) is -0.362. The first-order valence-corrected chi connectivity index (χ1v) is 7.24. The van der Waals surface area contributed by atoms with Crippen molar-refractivity contribution in [3.63, 3.8) is 0 Å². The van der Waals surface area contributed by atoms with Gasteiger partial charge in [-0.05, 0) is 30.2 Å². The zero-order valence-electron chi connectivity index (χ0n) is 11.0. The Labute approximate surface area is 109 Å². The van der Waals surface area contributed by atoms with Gasteiger partial charge in [0.05, 0.1) is 12.0 Å². The monoisotopic (exact) mass is 272 g/mol. The zero-order chi connectivity index (χ0) is 13.8. The number of nitrogens with two attached hydrogens (primary N) is 1. The number of likely N-dealkylation sites (N-methyl/N-ethyl adjacent to an activating group) is 1. The van der Waals surface area contributed by atoms with Gasteiger partial charge in [0.2, 0.25) is 10.0 Å². The van der Waals surface area contributed by atoms with Crippen LogP contribution in [0.4, 0.5) is 0 Å². The van der Waals surface area contributed by atoms with Crippen molar-refractivity contribution in [3.05, 3.63) is 23.8 Å². The molecule has 5 nitrogen and oxygen atoms in total. The van der Waals surface area contributed by atoms with Crippen molar-refractivity contribution < 1.29 is 13.2 Å². The minimum atomic E-state index is -3.46. The number of hydrogen-bond acceptors (Lipinski definition) is 4. The Balaban J connectivity index is 3.17. The summed E-state index contributed by atoms with van der Waals surface area (Å²) in [5.74, 6) is 0.706. The number of ether oxygens (including phenoxy) is 1. The molecule has 6 heteroatoms. The second kappa shape index (κ2) is 6.17. The van der Waals surface area contributed by atoms with Gasteiger partial charge in [-0.1, -0.05) is 6.92 Å². The third-order valence-corrected chi connectivity index (χ3v) is 4.64. The maximum Gasteiger partial charge on any atom is 0.242 e. The molecule has 0 unspecified atom stereocenters. The lowest BCUT2D eigenvalue weighted by Gasteiger charge is -2.17. The highest BCUT2D eigenvalue weighted by Gasteiger charge is 2.21. The molecule has 0 fully saturated rings. The van der Waals surface area contributed by atoms with E-state index in [1.165, 1.54) is 11.4 Å². The molecule has 0 aliphatic rings. The van der Waals surface area contributed by atoms with Gasteiger partial charge in [0, 0.05) is 20.1 Å². The molecule has 0 amide bonds. The molecular formula is C12H20N2O3S. The first-order chi connectivity index (χ1) is 8.47. The van der Waals surface area contributed by atoms with E-state index in [4.69, 9.17) is 10.5 Å². The van der Waals surface area contributed by atoms with Crippen LogP contribution in [0.15, 0.2) is 23.1 Å². The molecule has 0 saturated carbocycles. The molecule has 0 radical (unpaired) electrons. The molecule has 0 aliphatic heterocycles. The molecular weight excluding hydrogens is 252 g/mol. The van der Waals surface area contributed by atoms with Crippen LogP contribution in [0.3, 0.4) is 0 Å². The molecule has 2 N–H and O–H groups in total. The third-order valence-electron chi connectivity index (χ3n) is 2.78. The molecule has 0 spiro atoms. The standard InChI is InChI=1S/C12H20N2O3S/c1-4-10-9-11(5-6-12(10)17-3)18(15,16)14(2)8-7-13/h5-6,9H,4,7-8,13H2,1-3H3. The fourth-order valence-electron chi connectivity index (χ4n) is 1.67. The summed E-state index contributed by atoms with van der Waals surface area (Å²) in [4.78, 5) is 0.274. The molecule has 0 heterocycles. The number of rotatable bonds is 6. The van der Waals surface area contributed by atoms with Crippen LogP contribution in [0, 0.1) is 0 Å². The molecule has 1 aromatic carbocycles. The third kappa shape index (κ3) is 3.01. The Hall–Kier alpha value is -1.11. The SMILES string of the molecule is CCc1cc(S(=O)(=O)N(C)CCN)ccc1OC. The van der Waals surface area contributed by atoms with E-state index in [0.29, 0.717) is 25.3 Å². The summed E-state index contributed by atoms with van der Waals surface area (Å²) >= 11 is 0. The maximum atomic E-state index is 12.2. The zero-order valence-corrected chi connectivity index (χ0v) is 11.8. The highest BCUT2D eigenvalue weighted by Crippen LogP contribution is 2.24. The number of nitrogens with zero attached hydrogens (tertiary/aromatic N) is 1. The van der Waals surface area contributed by atoms with Crippen LogP contribution in [0.2, 0.25) is 0 Å². The topological polar surface area (TPSA) is 72.6 Å². The molecule has 0 aromatic heterocycles. The van der Waals surface area contributed by atoms with Crippen LogP contribution in [-0.2, 0) is 16.4 Å². The lowest BCUT2D eigenvalue weighted by atomic mass is 10.1. The largest absolute Gasteiger partial charge is 0.496 e. The summed E-state index contributed by atoms with van der Waals surface area (Å²) in [6.45, 7) is 2.56. The van der Waals surface area contributed by atoms with Crippen molar-refractivity contribution in [1.29, 1.82) is 0 Å². The van der Waals surface area contributed by atoms with Gasteiger partial charge in [0.1, 0.15) is 5.75 Å². The molecule has 1 aromatic rings. The van der Waals surface area contributed by atoms with Gasteiger partial charge in [-0.15, -0.1) is 0 Å². The van der Waals surface area contributed by atoms with E-state index in [-0.39, 0.29) is 4.90 Å². The summed E-state index contributed by atoms with van der Waals surface area (Å²) < 4.78 is 30.9. The first-order valence-electron chi connectivity index (χ1n) is 5.80. The van der Waals surface area contributed by atoms with E-state index in [1.54, 1.807) is 25.3 Å². The lowest BCUT2D eigenvalue weighted by Crippen LogP contribution is -2.31. The van der Waals surface area contributed by atoms with Gasteiger partial charge < -0.3 is 10.5 Å². The molecule has 18 heavy (non-hydrogen) atoms.